The maximum absolute atomic E-state index is 15.2. The summed E-state index contributed by atoms with van der Waals surface area (Å²) in [6.45, 7) is 8.31. The number of aromatic amines is 1. The summed E-state index contributed by atoms with van der Waals surface area (Å²) >= 11 is 1.86. The molecule has 2 bridgehead atoms. The Morgan fingerprint density at radius 3 is 2.02 bits per heavy atom. The van der Waals surface area contributed by atoms with Crippen molar-refractivity contribution < 1.29 is 67.0 Å². The number of fused-ring (bicyclic) bond motifs is 4. The zero-order chi connectivity index (χ0) is 72.5. The van der Waals surface area contributed by atoms with Gasteiger partial charge >= 0.3 is 6.03 Å². The Balaban J connectivity index is 0.00000780. The van der Waals surface area contributed by atoms with E-state index in [1.807, 2.05) is 49.9 Å². The molecular formula is C71H104N14O14S. The SMILES string of the molecule is CC.CC(C)[C@H]1NC(=O)[C@@H](CC(N)=O)CC(=O)[C@@H](Cc2ccccc2)NC(=O)[C@@H](Cc2c[nH]c3ccccc23)CC(=O)[C@@H](CCCCC(=N)N)NC(=O)[C@@H](CC(=O)COCCOCCOCCCC(=O)CCCC[C@H]2SC[C@H]3NC(=O)N[C@H]32)Cc2cn(nn2)CCCC[C@@H](C(N)=O)NC1=O. The van der Waals surface area contributed by atoms with Crippen LogP contribution in [-0.2, 0) is 88.0 Å². The van der Waals surface area contributed by atoms with Crippen LogP contribution in [0.2, 0.25) is 0 Å². The van der Waals surface area contributed by atoms with Gasteiger partial charge in [-0.05, 0) is 87.3 Å². The van der Waals surface area contributed by atoms with E-state index in [0.717, 1.165) is 35.9 Å². The van der Waals surface area contributed by atoms with Crippen LogP contribution >= 0.6 is 11.8 Å². The number of urea groups is 1. The van der Waals surface area contributed by atoms with Crippen LogP contribution in [0.3, 0.4) is 0 Å². The van der Waals surface area contributed by atoms with E-state index < -0.39 is 120 Å². The van der Waals surface area contributed by atoms with Crippen molar-refractivity contribution in [3.63, 3.8) is 0 Å². The third-order valence-corrected chi connectivity index (χ3v) is 19.4. The van der Waals surface area contributed by atoms with E-state index in [1.54, 1.807) is 56.6 Å². The molecule has 0 saturated carbocycles. The van der Waals surface area contributed by atoms with E-state index in [1.165, 1.54) is 4.68 Å². The Hall–Kier alpha value is -8.41. The minimum absolute atomic E-state index is 0.0263. The van der Waals surface area contributed by atoms with Crippen molar-refractivity contribution in [1.29, 1.82) is 5.41 Å². The zero-order valence-corrected chi connectivity index (χ0v) is 59.0. The fraction of sp³-hybridized carbons (Fsp3) is 0.606. The highest BCUT2D eigenvalue weighted by Crippen LogP contribution is 2.33. The van der Waals surface area contributed by atoms with Gasteiger partial charge in [0.05, 0.1) is 74.0 Å². The summed E-state index contributed by atoms with van der Waals surface area (Å²) in [6.07, 6.45) is 7.13. The number of carbonyl (C=O) groups is 11. The first-order valence-electron chi connectivity index (χ1n) is 35.2. The van der Waals surface area contributed by atoms with Crippen molar-refractivity contribution in [2.75, 3.05) is 45.4 Å². The monoisotopic (exact) mass is 1410 g/mol. The van der Waals surface area contributed by atoms with E-state index in [-0.39, 0.29) is 114 Å². The molecule has 3 aliphatic heterocycles. The first-order valence-corrected chi connectivity index (χ1v) is 36.3. The molecule has 14 N–H and O–H groups in total. The first kappa shape index (κ1) is 80.6. The van der Waals surface area contributed by atoms with E-state index >= 15 is 9.59 Å². The number of benzene rings is 2. The van der Waals surface area contributed by atoms with Gasteiger partial charge in [0, 0.05) is 105 Å². The molecule has 548 valence electrons. The van der Waals surface area contributed by atoms with Gasteiger partial charge in [-0.3, -0.25) is 58.0 Å². The number of amides is 8. The third-order valence-electron chi connectivity index (χ3n) is 17.9. The number of aromatic nitrogens is 4. The van der Waals surface area contributed by atoms with E-state index in [0.29, 0.717) is 73.6 Å². The molecule has 5 heterocycles. The van der Waals surface area contributed by atoms with Gasteiger partial charge in [-0.1, -0.05) is 94.3 Å². The number of nitrogens with zero attached hydrogens (tertiary/aromatic N) is 3. The molecule has 0 unspecified atom stereocenters. The smallest absolute Gasteiger partial charge is 0.315 e. The maximum Gasteiger partial charge on any atom is 0.315 e. The second-order valence-corrected chi connectivity index (χ2v) is 27.4. The number of amidine groups is 1. The Morgan fingerprint density at radius 2 is 1.29 bits per heavy atom. The number of thioether (sulfide) groups is 1. The number of Topliss-reactive ketones (excluding diaryl/α,β-unsaturated/α-hetero) is 4. The normalized spacial score (nSPS) is 23.0. The summed E-state index contributed by atoms with van der Waals surface area (Å²) in [6, 6.07) is 11.4. The average Bonchev–Trinajstić information content (AvgIpc) is 1.64. The number of ketones is 4. The van der Waals surface area contributed by atoms with Crippen molar-refractivity contribution in [3.8, 4) is 0 Å². The highest BCUT2D eigenvalue weighted by molar-refractivity contribution is 8.00. The lowest BCUT2D eigenvalue weighted by Gasteiger charge is -2.27. The molecule has 10 atom stereocenters. The summed E-state index contributed by atoms with van der Waals surface area (Å²) < 4.78 is 18.6. The van der Waals surface area contributed by atoms with Gasteiger partial charge in [0.2, 0.25) is 35.4 Å². The van der Waals surface area contributed by atoms with Gasteiger partial charge in [0.1, 0.15) is 24.5 Å². The summed E-state index contributed by atoms with van der Waals surface area (Å²) in [5.74, 6) is -9.66. The van der Waals surface area contributed by atoms with Gasteiger partial charge < -0.3 is 68.3 Å². The average molecular weight is 1410 g/mol. The second kappa shape index (κ2) is 42.6. The molecule has 4 aromatic rings. The molecule has 7 rings (SSSR count). The van der Waals surface area contributed by atoms with Crippen LogP contribution in [-0.4, -0.2) is 177 Å². The number of para-hydroxylation sites is 1. The van der Waals surface area contributed by atoms with Crippen LogP contribution in [0.1, 0.15) is 154 Å². The highest BCUT2D eigenvalue weighted by atomic mass is 32.2. The third kappa shape index (κ3) is 27.3. The van der Waals surface area contributed by atoms with Crippen LogP contribution in [0, 0.1) is 29.1 Å². The highest BCUT2D eigenvalue weighted by Gasteiger charge is 2.43. The number of primary amides is 2. The number of ether oxygens (including phenoxy) is 3. The van der Waals surface area contributed by atoms with Crippen LogP contribution in [0.5, 0.6) is 0 Å². The number of unbranched alkanes of at least 4 members (excludes halogenated alkanes) is 2. The predicted octanol–water partition coefficient (Wildman–Crippen LogP) is 4.30. The van der Waals surface area contributed by atoms with E-state index in [2.05, 4.69) is 47.2 Å². The van der Waals surface area contributed by atoms with Gasteiger partial charge in [0.25, 0.3) is 0 Å². The molecule has 2 saturated heterocycles. The lowest BCUT2D eigenvalue weighted by atomic mass is 9.88. The summed E-state index contributed by atoms with van der Waals surface area (Å²) in [5, 5.41) is 34.7. The predicted molar refractivity (Wildman–Crippen MR) is 377 cm³/mol. The molecule has 0 aliphatic carbocycles. The Morgan fingerprint density at radius 1 is 0.650 bits per heavy atom. The molecule has 28 nitrogen and oxygen atoms in total. The molecule has 100 heavy (non-hydrogen) atoms. The largest absolute Gasteiger partial charge is 0.388 e. The lowest BCUT2D eigenvalue weighted by molar-refractivity contribution is -0.137. The Labute approximate surface area is 589 Å². The molecule has 2 aromatic heterocycles. The van der Waals surface area contributed by atoms with Gasteiger partial charge in [-0.2, -0.15) is 11.8 Å². The van der Waals surface area contributed by atoms with Crippen LogP contribution in [0.15, 0.2) is 67.0 Å². The molecular weight excluding hydrogens is 1300 g/mol. The number of nitrogens with two attached hydrogens (primary N) is 3. The van der Waals surface area contributed by atoms with Crippen LogP contribution in [0.4, 0.5) is 4.79 Å². The molecule has 2 fully saturated rings. The minimum Gasteiger partial charge on any atom is -0.388 e. The quantitative estimate of drug-likeness (QED) is 0.0140. The number of hydrogen-bond acceptors (Lipinski definition) is 18. The summed E-state index contributed by atoms with van der Waals surface area (Å²) in [4.78, 5) is 155. The fourth-order valence-corrected chi connectivity index (χ4v) is 14.1. The number of rotatable bonds is 32. The number of H-pyrrole nitrogens is 1. The zero-order valence-electron chi connectivity index (χ0n) is 58.2. The molecule has 0 radical (unpaired) electrons. The number of aryl methyl sites for hydroxylation is 1. The second-order valence-electron chi connectivity index (χ2n) is 26.1. The first-order chi connectivity index (χ1) is 48.1. The number of hydrogen-bond donors (Lipinski definition) is 11. The summed E-state index contributed by atoms with van der Waals surface area (Å²) in [5.41, 5.74) is 19.6. The van der Waals surface area contributed by atoms with Gasteiger partial charge in [-0.25, -0.2) is 4.79 Å². The Kier molecular flexibility index (Phi) is 34.3. The van der Waals surface area contributed by atoms with Crippen molar-refractivity contribution in [2.24, 2.45) is 40.9 Å². The van der Waals surface area contributed by atoms with E-state index in [9.17, 15) is 43.2 Å². The van der Waals surface area contributed by atoms with Gasteiger partial charge in [0.15, 0.2) is 17.3 Å². The topological polar surface area (TPSA) is 436 Å². The van der Waals surface area contributed by atoms with Crippen LogP contribution < -0.4 is 49.1 Å². The molecule has 29 heteroatoms. The van der Waals surface area contributed by atoms with Crippen molar-refractivity contribution >= 4 is 93.1 Å². The number of carbonyl (C=O) groups excluding carboxylic acids is 11. The van der Waals surface area contributed by atoms with E-state index in [4.69, 9.17) is 36.8 Å². The summed E-state index contributed by atoms with van der Waals surface area (Å²) in [7, 11) is 0. The Bertz CT molecular complexity index is 3360. The van der Waals surface area contributed by atoms with Crippen molar-refractivity contribution in [3.05, 3.63) is 83.8 Å². The molecule has 8 amide bonds. The lowest BCUT2D eigenvalue weighted by Crippen LogP contribution is -2.56. The standard InChI is InChI=1S/C69H98N14O14S.C2H6/c1-42(2)62-68(93)76-54(64(73)89)22-12-13-25-83-39-48(81-82-83)33-45(34-50(85)40-97-30-29-96-28-27-95-26-14-18-49(84)17-6-10-23-59-63-56(41-98-59)78-69(94)80-63)66(91)75-53(21-9-11-24-60(70)71)57(86)35-44(32-47-38-74-52-20-8-7-19-51(47)52)65(90)77-55(31-43-15-4-3-5-16-43)58(87)36-46(37-61(72)88)67(92)79-62;1-2/h3-5,7-8,15-16,19-20,38-39,42,44-46,53-56,59,62-63,74H,6,9-14,17-18,21-37,40-41H2,1-2H3,(H3,70,71)(H2,72,88)(H2,73,89)(H,75,91)(H,76,93)(H,77,90)(H,79,92)(H2,78,80,94);1-2H3/t44-,45+,46+,53+,54-,55+,56+,59+,62+,63+;/m0./s1. The van der Waals surface area contributed by atoms with Crippen LogP contribution in [0.25, 0.3) is 10.9 Å². The maximum atomic E-state index is 15.2. The van der Waals surface area contributed by atoms with Crippen molar-refractivity contribution in [2.45, 2.75) is 204 Å². The fourth-order valence-electron chi connectivity index (χ4n) is 12.5. The number of nitrogens with one attached hydrogen (secondary N) is 8. The minimum atomic E-state index is -1.42. The molecule has 2 aromatic carbocycles. The molecule has 3 aliphatic rings. The molecule has 0 spiro atoms. The van der Waals surface area contributed by atoms with Gasteiger partial charge in [-0.15, -0.1) is 5.10 Å². The van der Waals surface area contributed by atoms with Crippen molar-refractivity contribution in [1.82, 2.24) is 51.9 Å².